The molecule has 3 nitrogen and oxygen atoms in total. The van der Waals surface area contributed by atoms with Crippen molar-refractivity contribution in [3.05, 3.63) is 23.4 Å². The number of hydrogen-bond donors (Lipinski definition) is 0. The Hall–Kier alpha value is -1.56. The molecule has 1 aromatic heterocycles. The van der Waals surface area contributed by atoms with E-state index in [9.17, 15) is 5.26 Å². The third-order valence-electron chi connectivity index (χ3n) is 3.05. The van der Waals surface area contributed by atoms with Crippen LogP contribution in [0.5, 0.6) is 0 Å². The van der Waals surface area contributed by atoms with Crippen LogP contribution in [0, 0.1) is 11.3 Å². The Kier molecular flexibility index (Phi) is 5.35. The average molecular weight is 259 g/mol. The molecule has 0 aromatic carbocycles. The van der Waals surface area contributed by atoms with E-state index in [1.807, 2.05) is 12.1 Å². The van der Waals surface area contributed by atoms with Crippen molar-refractivity contribution in [2.24, 2.45) is 0 Å². The van der Waals surface area contributed by atoms with E-state index in [4.69, 9.17) is 4.98 Å². The highest BCUT2D eigenvalue weighted by molar-refractivity contribution is 5.54. The Morgan fingerprint density at radius 2 is 1.74 bits per heavy atom. The number of aromatic nitrogens is 1. The standard InChI is InChI=1S/C16H25N3/c1-6-10-19(11-7-2)15-13(12-17)8-9-14(18-15)16(3,4)5/h8-9H,6-7,10-11H2,1-5H3. The van der Waals surface area contributed by atoms with Crippen LogP contribution in [0.25, 0.3) is 0 Å². The quantitative estimate of drug-likeness (QED) is 0.805. The van der Waals surface area contributed by atoms with Crippen LogP contribution < -0.4 is 4.90 Å². The summed E-state index contributed by atoms with van der Waals surface area (Å²) in [5, 5.41) is 9.28. The van der Waals surface area contributed by atoms with Gasteiger partial charge in [0.2, 0.25) is 0 Å². The second kappa shape index (κ2) is 6.56. The zero-order chi connectivity index (χ0) is 14.5. The van der Waals surface area contributed by atoms with Crippen LogP contribution in [0.3, 0.4) is 0 Å². The maximum atomic E-state index is 9.28. The molecule has 1 rings (SSSR count). The Labute approximate surface area is 117 Å². The third-order valence-corrected chi connectivity index (χ3v) is 3.05. The van der Waals surface area contributed by atoms with Crippen LogP contribution in [0.15, 0.2) is 12.1 Å². The van der Waals surface area contributed by atoms with E-state index in [0.717, 1.165) is 37.4 Å². The number of pyridine rings is 1. The molecule has 0 aliphatic heterocycles. The third kappa shape index (κ3) is 3.96. The Morgan fingerprint density at radius 1 is 1.16 bits per heavy atom. The zero-order valence-corrected chi connectivity index (χ0v) is 12.8. The number of anilines is 1. The molecule has 0 spiro atoms. The molecule has 0 aliphatic rings. The van der Waals surface area contributed by atoms with Crippen molar-refractivity contribution < 1.29 is 0 Å². The van der Waals surface area contributed by atoms with E-state index < -0.39 is 0 Å². The monoisotopic (exact) mass is 259 g/mol. The van der Waals surface area contributed by atoms with E-state index in [2.05, 4.69) is 45.6 Å². The Morgan fingerprint density at radius 3 is 2.16 bits per heavy atom. The van der Waals surface area contributed by atoms with Gasteiger partial charge < -0.3 is 4.90 Å². The molecule has 0 saturated carbocycles. The van der Waals surface area contributed by atoms with Crippen molar-refractivity contribution in [1.29, 1.82) is 5.26 Å². The molecule has 1 aromatic rings. The van der Waals surface area contributed by atoms with Gasteiger partial charge in [0.15, 0.2) is 0 Å². The fourth-order valence-electron chi connectivity index (χ4n) is 2.06. The molecule has 0 N–H and O–H groups in total. The average Bonchev–Trinajstić information content (AvgIpc) is 2.36. The van der Waals surface area contributed by atoms with Crippen molar-refractivity contribution in [3.8, 4) is 6.07 Å². The maximum Gasteiger partial charge on any atom is 0.146 e. The summed E-state index contributed by atoms with van der Waals surface area (Å²) in [5.74, 6) is 0.846. The predicted molar refractivity (Wildman–Crippen MR) is 80.4 cm³/mol. The first kappa shape index (κ1) is 15.5. The maximum absolute atomic E-state index is 9.28. The molecule has 0 aliphatic carbocycles. The van der Waals surface area contributed by atoms with Gasteiger partial charge in [-0.2, -0.15) is 5.26 Å². The van der Waals surface area contributed by atoms with Crippen LogP contribution in [0.1, 0.15) is 58.7 Å². The normalized spacial score (nSPS) is 11.2. The summed E-state index contributed by atoms with van der Waals surface area (Å²) in [7, 11) is 0. The minimum atomic E-state index is 0.00678. The van der Waals surface area contributed by atoms with E-state index in [0.29, 0.717) is 5.56 Å². The molecule has 0 radical (unpaired) electrons. The summed E-state index contributed by atoms with van der Waals surface area (Å²) < 4.78 is 0. The number of nitrogens with zero attached hydrogens (tertiary/aromatic N) is 3. The van der Waals surface area contributed by atoms with Crippen LogP contribution in [-0.4, -0.2) is 18.1 Å². The highest BCUT2D eigenvalue weighted by Gasteiger charge is 2.19. The number of rotatable bonds is 5. The van der Waals surface area contributed by atoms with Gasteiger partial charge in [0, 0.05) is 24.2 Å². The van der Waals surface area contributed by atoms with Gasteiger partial charge in [0.1, 0.15) is 11.9 Å². The highest BCUT2D eigenvalue weighted by atomic mass is 15.2. The second-order valence-electron chi connectivity index (χ2n) is 5.92. The first-order valence-electron chi connectivity index (χ1n) is 7.10. The van der Waals surface area contributed by atoms with Gasteiger partial charge in [0.05, 0.1) is 5.56 Å². The van der Waals surface area contributed by atoms with Gasteiger partial charge >= 0.3 is 0 Å². The van der Waals surface area contributed by atoms with Crippen LogP contribution >= 0.6 is 0 Å². The van der Waals surface area contributed by atoms with Crippen molar-refractivity contribution in [3.63, 3.8) is 0 Å². The minimum absolute atomic E-state index is 0.00678. The van der Waals surface area contributed by atoms with Crippen LogP contribution in [-0.2, 0) is 5.41 Å². The lowest BCUT2D eigenvalue weighted by atomic mass is 9.91. The van der Waals surface area contributed by atoms with Crippen LogP contribution in [0.2, 0.25) is 0 Å². The largest absolute Gasteiger partial charge is 0.356 e. The lowest BCUT2D eigenvalue weighted by molar-refractivity contribution is 0.567. The van der Waals surface area contributed by atoms with Crippen LogP contribution in [0.4, 0.5) is 5.82 Å². The molecular formula is C16H25N3. The van der Waals surface area contributed by atoms with Gasteiger partial charge in [-0.05, 0) is 25.0 Å². The fourth-order valence-corrected chi connectivity index (χ4v) is 2.06. The zero-order valence-electron chi connectivity index (χ0n) is 12.8. The summed E-state index contributed by atoms with van der Waals surface area (Å²) in [6.45, 7) is 12.6. The fraction of sp³-hybridized carbons (Fsp3) is 0.625. The molecule has 3 heteroatoms. The summed E-state index contributed by atoms with van der Waals surface area (Å²) in [5.41, 5.74) is 1.72. The highest BCUT2D eigenvalue weighted by Crippen LogP contribution is 2.25. The second-order valence-corrected chi connectivity index (χ2v) is 5.92. The van der Waals surface area contributed by atoms with E-state index in [1.165, 1.54) is 0 Å². The van der Waals surface area contributed by atoms with Gasteiger partial charge in [-0.1, -0.05) is 34.6 Å². The molecule has 1 heterocycles. The van der Waals surface area contributed by atoms with Crippen molar-refractivity contribution in [2.45, 2.75) is 52.9 Å². The van der Waals surface area contributed by atoms with Gasteiger partial charge in [-0.15, -0.1) is 0 Å². The molecule has 19 heavy (non-hydrogen) atoms. The van der Waals surface area contributed by atoms with Gasteiger partial charge in [-0.3, -0.25) is 0 Å². The lowest BCUT2D eigenvalue weighted by Crippen LogP contribution is -2.28. The number of hydrogen-bond acceptors (Lipinski definition) is 3. The molecule has 0 fully saturated rings. The smallest absolute Gasteiger partial charge is 0.146 e. The lowest BCUT2D eigenvalue weighted by Gasteiger charge is -2.26. The van der Waals surface area contributed by atoms with E-state index in [1.54, 1.807) is 0 Å². The van der Waals surface area contributed by atoms with Crippen molar-refractivity contribution in [1.82, 2.24) is 4.98 Å². The Balaban J connectivity index is 3.24. The molecule has 0 atom stereocenters. The van der Waals surface area contributed by atoms with Gasteiger partial charge in [0.25, 0.3) is 0 Å². The topological polar surface area (TPSA) is 39.9 Å². The first-order chi connectivity index (χ1) is 8.93. The number of nitriles is 1. The van der Waals surface area contributed by atoms with Gasteiger partial charge in [-0.25, -0.2) is 4.98 Å². The Bertz CT molecular complexity index is 446. The van der Waals surface area contributed by atoms with Crippen molar-refractivity contribution in [2.75, 3.05) is 18.0 Å². The molecule has 0 amide bonds. The summed E-state index contributed by atoms with van der Waals surface area (Å²) in [6, 6.07) is 6.14. The van der Waals surface area contributed by atoms with E-state index in [-0.39, 0.29) is 5.41 Å². The molecule has 104 valence electrons. The molecule has 0 saturated heterocycles. The molecular weight excluding hydrogens is 234 g/mol. The SMILES string of the molecule is CCCN(CCC)c1nc(C(C)(C)C)ccc1C#N. The van der Waals surface area contributed by atoms with Crippen molar-refractivity contribution >= 4 is 5.82 Å². The minimum Gasteiger partial charge on any atom is -0.356 e. The van der Waals surface area contributed by atoms with E-state index >= 15 is 0 Å². The first-order valence-corrected chi connectivity index (χ1v) is 7.10. The molecule has 0 bridgehead atoms. The summed E-state index contributed by atoms with van der Waals surface area (Å²) in [4.78, 5) is 6.99. The molecule has 0 unspecified atom stereocenters. The summed E-state index contributed by atoms with van der Waals surface area (Å²) in [6.07, 6.45) is 2.12. The predicted octanol–water partition coefficient (Wildman–Crippen LogP) is 3.88. The summed E-state index contributed by atoms with van der Waals surface area (Å²) >= 11 is 0.